The van der Waals surface area contributed by atoms with Gasteiger partial charge in [0.25, 0.3) is 0 Å². The average molecular weight is 243 g/mol. The van der Waals surface area contributed by atoms with Gasteiger partial charge in [0.2, 0.25) is 0 Å². The molecule has 4 heteroatoms. The van der Waals surface area contributed by atoms with Gasteiger partial charge < -0.3 is 9.47 Å². The van der Waals surface area contributed by atoms with Gasteiger partial charge >= 0.3 is 0 Å². The van der Waals surface area contributed by atoms with Gasteiger partial charge in [0, 0.05) is 32.2 Å². The Kier molecular flexibility index (Phi) is 7.40. The van der Waals surface area contributed by atoms with Crippen LogP contribution in [0.15, 0.2) is 0 Å². The third-order valence-electron chi connectivity index (χ3n) is 2.92. The van der Waals surface area contributed by atoms with Crippen LogP contribution in [0.2, 0.25) is 0 Å². The molecule has 100 valence electrons. The fourth-order valence-corrected chi connectivity index (χ4v) is 1.70. The molecule has 4 nitrogen and oxygen atoms in total. The van der Waals surface area contributed by atoms with Gasteiger partial charge in [0.1, 0.15) is 5.78 Å². The number of hydrogen-bond acceptors (Lipinski definition) is 4. The summed E-state index contributed by atoms with van der Waals surface area (Å²) in [4.78, 5) is 13.9. The van der Waals surface area contributed by atoms with Gasteiger partial charge in [-0.25, -0.2) is 0 Å². The Morgan fingerprint density at radius 3 is 2.06 bits per heavy atom. The quantitative estimate of drug-likeness (QED) is 0.513. The number of rotatable bonds is 11. The van der Waals surface area contributed by atoms with Crippen LogP contribution in [0.25, 0.3) is 0 Å². The highest BCUT2D eigenvalue weighted by Crippen LogP contribution is 2.29. The van der Waals surface area contributed by atoms with Crippen molar-refractivity contribution in [3.63, 3.8) is 0 Å². The van der Waals surface area contributed by atoms with E-state index in [0.29, 0.717) is 31.5 Å². The van der Waals surface area contributed by atoms with Crippen molar-refractivity contribution in [2.45, 2.75) is 26.7 Å². The first kappa shape index (κ1) is 14.6. The third kappa shape index (κ3) is 6.76. The standard InChI is InChI=1S/C13H25NO3/c1-3-16-9-7-14(8-10-17-4-2)11-13(15)12-5-6-12/h12H,3-11H2,1-2H3. The Morgan fingerprint density at radius 1 is 1.12 bits per heavy atom. The molecule has 0 aromatic carbocycles. The first-order chi connectivity index (χ1) is 8.27. The third-order valence-corrected chi connectivity index (χ3v) is 2.92. The summed E-state index contributed by atoms with van der Waals surface area (Å²) in [6, 6.07) is 0. The Morgan fingerprint density at radius 2 is 1.65 bits per heavy atom. The number of ketones is 1. The molecule has 0 spiro atoms. The van der Waals surface area contributed by atoms with E-state index in [1.807, 2.05) is 13.8 Å². The van der Waals surface area contributed by atoms with Crippen LogP contribution in [0.5, 0.6) is 0 Å². The molecule has 0 heterocycles. The van der Waals surface area contributed by atoms with Crippen LogP contribution in [0, 0.1) is 5.92 Å². The van der Waals surface area contributed by atoms with Crippen molar-refractivity contribution in [3.8, 4) is 0 Å². The van der Waals surface area contributed by atoms with Crippen molar-refractivity contribution in [1.29, 1.82) is 0 Å². The molecule has 1 aliphatic rings. The topological polar surface area (TPSA) is 38.8 Å². The minimum atomic E-state index is 0.344. The molecule has 0 N–H and O–H groups in total. The second kappa shape index (κ2) is 8.61. The number of carbonyl (C=O) groups excluding carboxylic acids is 1. The second-order valence-corrected chi connectivity index (χ2v) is 4.41. The first-order valence-electron chi connectivity index (χ1n) is 6.68. The molecular weight excluding hydrogens is 218 g/mol. The SMILES string of the molecule is CCOCCN(CCOCC)CC(=O)C1CC1. The molecule has 0 saturated heterocycles. The van der Waals surface area contributed by atoms with Crippen molar-refractivity contribution in [2.24, 2.45) is 5.92 Å². The highest BCUT2D eigenvalue weighted by Gasteiger charge is 2.30. The first-order valence-corrected chi connectivity index (χ1v) is 6.68. The van der Waals surface area contributed by atoms with Gasteiger partial charge in [-0.1, -0.05) is 0 Å². The zero-order valence-corrected chi connectivity index (χ0v) is 11.1. The summed E-state index contributed by atoms with van der Waals surface area (Å²) in [6.07, 6.45) is 2.17. The normalized spacial score (nSPS) is 15.5. The van der Waals surface area contributed by atoms with Gasteiger partial charge in [-0.3, -0.25) is 9.69 Å². The van der Waals surface area contributed by atoms with Crippen LogP contribution in [0.4, 0.5) is 0 Å². The monoisotopic (exact) mass is 243 g/mol. The molecule has 0 aromatic heterocycles. The van der Waals surface area contributed by atoms with Crippen LogP contribution in [-0.4, -0.2) is 56.7 Å². The molecule has 1 saturated carbocycles. The van der Waals surface area contributed by atoms with Crippen LogP contribution in [-0.2, 0) is 14.3 Å². The lowest BCUT2D eigenvalue weighted by Crippen LogP contribution is -2.36. The number of hydrogen-bond donors (Lipinski definition) is 0. The highest BCUT2D eigenvalue weighted by atomic mass is 16.5. The van der Waals surface area contributed by atoms with Crippen molar-refractivity contribution < 1.29 is 14.3 Å². The highest BCUT2D eigenvalue weighted by molar-refractivity contribution is 5.84. The zero-order chi connectivity index (χ0) is 12.5. The summed E-state index contributed by atoms with van der Waals surface area (Å²) in [6.45, 7) is 9.02. The fourth-order valence-electron chi connectivity index (χ4n) is 1.70. The predicted octanol–water partition coefficient (Wildman–Crippen LogP) is 1.34. The van der Waals surface area contributed by atoms with Crippen LogP contribution < -0.4 is 0 Å². The van der Waals surface area contributed by atoms with E-state index < -0.39 is 0 Å². The van der Waals surface area contributed by atoms with E-state index in [9.17, 15) is 4.79 Å². The molecule has 1 rings (SSSR count). The van der Waals surface area contributed by atoms with E-state index in [1.54, 1.807) is 0 Å². The molecule has 0 radical (unpaired) electrons. The molecule has 1 aliphatic carbocycles. The maximum Gasteiger partial charge on any atom is 0.149 e. The number of ether oxygens (including phenoxy) is 2. The van der Waals surface area contributed by atoms with Crippen LogP contribution in [0.3, 0.4) is 0 Å². The zero-order valence-electron chi connectivity index (χ0n) is 11.1. The molecular formula is C13H25NO3. The lowest BCUT2D eigenvalue weighted by Gasteiger charge is -2.21. The van der Waals surface area contributed by atoms with Crippen molar-refractivity contribution in [1.82, 2.24) is 4.90 Å². The van der Waals surface area contributed by atoms with Gasteiger partial charge in [-0.2, -0.15) is 0 Å². The Hall–Kier alpha value is -0.450. The summed E-state index contributed by atoms with van der Waals surface area (Å²) in [5, 5.41) is 0. The lowest BCUT2D eigenvalue weighted by molar-refractivity contribution is -0.121. The van der Waals surface area contributed by atoms with Crippen molar-refractivity contribution in [3.05, 3.63) is 0 Å². The molecule has 0 amide bonds. The van der Waals surface area contributed by atoms with E-state index in [1.165, 1.54) is 0 Å². The summed E-state index contributed by atoms with van der Waals surface area (Å²) in [7, 11) is 0. The van der Waals surface area contributed by atoms with Gasteiger partial charge in [0.15, 0.2) is 0 Å². The van der Waals surface area contributed by atoms with Crippen LogP contribution >= 0.6 is 0 Å². The molecule has 0 bridgehead atoms. The predicted molar refractivity (Wildman–Crippen MR) is 67.2 cm³/mol. The maximum absolute atomic E-state index is 11.8. The number of Topliss-reactive ketones (excluding diaryl/α,β-unsaturated/α-hetero) is 1. The molecule has 0 aromatic rings. The van der Waals surface area contributed by atoms with Crippen LogP contribution in [0.1, 0.15) is 26.7 Å². The van der Waals surface area contributed by atoms with E-state index in [-0.39, 0.29) is 0 Å². The Balaban J connectivity index is 2.20. The smallest absolute Gasteiger partial charge is 0.149 e. The van der Waals surface area contributed by atoms with E-state index >= 15 is 0 Å². The Labute approximate surface area is 104 Å². The maximum atomic E-state index is 11.8. The van der Waals surface area contributed by atoms with Crippen molar-refractivity contribution in [2.75, 3.05) is 46.1 Å². The molecule has 0 aliphatic heterocycles. The summed E-state index contributed by atoms with van der Waals surface area (Å²) >= 11 is 0. The summed E-state index contributed by atoms with van der Waals surface area (Å²) < 4.78 is 10.7. The Bertz CT molecular complexity index is 207. The van der Waals surface area contributed by atoms with Gasteiger partial charge in [0.05, 0.1) is 19.8 Å². The largest absolute Gasteiger partial charge is 0.380 e. The second-order valence-electron chi connectivity index (χ2n) is 4.41. The minimum Gasteiger partial charge on any atom is -0.380 e. The lowest BCUT2D eigenvalue weighted by atomic mass is 10.2. The van der Waals surface area contributed by atoms with Gasteiger partial charge in [-0.15, -0.1) is 0 Å². The van der Waals surface area contributed by atoms with Crippen molar-refractivity contribution >= 4 is 5.78 Å². The average Bonchev–Trinajstić information content (AvgIpc) is 3.13. The molecule has 0 unspecified atom stereocenters. The van der Waals surface area contributed by atoms with E-state index in [4.69, 9.17) is 9.47 Å². The number of nitrogens with zero attached hydrogens (tertiary/aromatic N) is 1. The number of carbonyl (C=O) groups is 1. The summed E-state index contributed by atoms with van der Waals surface area (Å²) in [5.74, 6) is 0.731. The van der Waals surface area contributed by atoms with E-state index in [0.717, 1.165) is 39.1 Å². The molecule has 1 fully saturated rings. The van der Waals surface area contributed by atoms with E-state index in [2.05, 4.69) is 4.90 Å². The van der Waals surface area contributed by atoms with Gasteiger partial charge in [-0.05, 0) is 26.7 Å². The summed E-state index contributed by atoms with van der Waals surface area (Å²) in [5.41, 5.74) is 0. The molecule has 17 heavy (non-hydrogen) atoms. The molecule has 0 atom stereocenters. The minimum absolute atomic E-state index is 0.344. The fraction of sp³-hybridized carbons (Fsp3) is 0.923.